The van der Waals surface area contributed by atoms with E-state index in [4.69, 9.17) is 21.7 Å². The molecule has 4 atom stereocenters. The predicted octanol–water partition coefficient (Wildman–Crippen LogP) is 4.81. The van der Waals surface area contributed by atoms with E-state index in [2.05, 4.69) is 26.5 Å². The lowest BCUT2D eigenvalue weighted by Crippen LogP contribution is -2.48. The molecule has 2 fully saturated rings. The van der Waals surface area contributed by atoms with Crippen molar-refractivity contribution in [2.75, 3.05) is 23.3 Å². The Labute approximate surface area is 203 Å². The van der Waals surface area contributed by atoms with Crippen molar-refractivity contribution in [2.24, 2.45) is 11.8 Å². The summed E-state index contributed by atoms with van der Waals surface area (Å²) in [4.78, 5) is 7.40. The summed E-state index contributed by atoms with van der Waals surface area (Å²) in [5.74, 6) is 2.37. The second kappa shape index (κ2) is 8.80. The van der Waals surface area contributed by atoms with Gasteiger partial charge in [0.25, 0.3) is 0 Å². The lowest BCUT2D eigenvalue weighted by molar-refractivity contribution is 0.376. The van der Waals surface area contributed by atoms with E-state index in [-0.39, 0.29) is 11.7 Å². The minimum absolute atomic E-state index is 0.000232. The summed E-state index contributed by atoms with van der Waals surface area (Å²) in [6.07, 6.45) is 7.29. The van der Waals surface area contributed by atoms with E-state index < -0.39 is 0 Å². The first kappa shape index (κ1) is 21.8. The fraction of sp³-hybridized carbons (Fsp3) is 0.520. The summed E-state index contributed by atoms with van der Waals surface area (Å²) in [7, 11) is 0. The molecule has 1 aromatic carbocycles. The summed E-state index contributed by atoms with van der Waals surface area (Å²) >= 11 is 6.17. The van der Waals surface area contributed by atoms with Crippen LogP contribution in [0, 0.1) is 24.6 Å². The molecule has 1 unspecified atom stereocenters. The molecule has 3 aliphatic rings. The van der Waals surface area contributed by atoms with E-state index in [9.17, 15) is 4.39 Å². The zero-order valence-corrected chi connectivity index (χ0v) is 20.0. The van der Waals surface area contributed by atoms with Crippen LogP contribution in [0.1, 0.15) is 55.1 Å². The molecule has 4 heterocycles. The Kier molecular flexibility index (Phi) is 5.63. The van der Waals surface area contributed by atoms with Gasteiger partial charge >= 0.3 is 0 Å². The third kappa shape index (κ3) is 4.13. The van der Waals surface area contributed by atoms with Crippen LogP contribution in [0.15, 0.2) is 30.5 Å². The molecule has 1 aliphatic carbocycles. The number of rotatable bonds is 4. The maximum absolute atomic E-state index is 14.1. The number of halogens is 2. The molecule has 7 nitrogen and oxygen atoms in total. The number of hydrogen-bond acceptors (Lipinski definition) is 6. The van der Waals surface area contributed by atoms with E-state index in [0.29, 0.717) is 28.8 Å². The van der Waals surface area contributed by atoms with E-state index >= 15 is 0 Å². The quantitative estimate of drug-likeness (QED) is 0.576. The van der Waals surface area contributed by atoms with Crippen molar-refractivity contribution in [1.29, 1.82) is 0 Å². The molecule has 0 radical (unpaired) electrons. The zero-order valence-electron chi connectivity index (χ0n) is 19.3. The maximum Gasteiger partial charge on any atom is 0.242 e. The van der Waals surface area contributed by atoms with Gasteiger partial charge < -0.3 is 10.2 Å². The minimum Gasteiger partial charge on any atom is -0.369 e. The lowest BCUT2D eigenvalue weighted by Gasteiger charge is -2.39. The Morgan fingerprint density at radius 2 is 1.88 bits per heavy atom. The van der Waals surface area contributed by atoms with Crippen molar-refractivity contribution in [3.8, 4) is 0 Å². The average molecular weight is 482 g/mol. The van der Waals surface area contributed by atoms with Crippen LogP contribution < -0.4 is 10.2 Å². The molecule has 2 aromatic heterocycles. The van der Waals surface area contributed by atoms with Crippen LogP contribution in [0.2, 0.25) is 5.02 Å². The smallest absolute Gasteiger partial charge is 0.242 e. The van der Waals surface area contributed by atoms with Crippen molar-refractivity contribution in [1.82, 2.24) is 25.0 Å². The van der Waals surface area contributed by atoms with E-state index in [0.717, 1.165) is 61.7 Å². The van der Waals surface area contributed by atoms with Crippen molar-refractivity contribution >= 4 is 23.2 Å². The molecular weight excluding hydrogens is 453 g/mol. The highest BCUT2D eigenvalue weighted by Crippen LogP contribution is 2.40. The lowest BCUT2D eigenvalue weighted by atomic mass is 9.92. The zero-order chi connectivity index (χ0) is 23.2. The molecule has 2 aliphatic heterocycles. The van der Waals surface area contributed by atoms with Crippen molar-refractivity contribution in [2.45, 2.75) is 57.5 Å². The number of piperidine rings is 1. The minimum atomic E-state index is -0.306. The van der Waals surface area contributed by atoms with Crippen LogP contribution in [-0.2, 0) is 6.54 Å². The largest absolute Gasteiger partial charge is 0.369 e. The van der Waals surface area contributed by atoms with Crippen molar-refractivity contribution in [3.63, 3.8) is 0 Å². The molecular formula is C25H29ClFN7. The van der Waals surface area contributed by atoms with Gasteiger partial charge in [-0.1, -0.05) is 18.0 Å². The van der Waals surface area contributed by atoms with Crippen LogP contribution in [0.3, 0.4) is 0 Å². The first-order valence-electron chi connectivity index (χ1n) is 12.2. The molecule has 6 rings (SSSR count). The van der Waals surface area contributed by atoms with Crippen molar-refractivity contribution in [3.05, 3.63) is 58.4 Å². The summed E-state index contributed by atoms with van der Waals surface area (Å²) in [6, 6.07) is 7.27. The van der Waals surface area contributed by atoms with Gasteiger partial charge in [-0.25, -0.2) is 9.07 Å². The second-order valence-electron chi connectivity index (χ2n) is 10.00. The summed E-state index contributed by atoms with van der Waals surface area (Å²) in [5, 5.41) is 17.2. The first-order chi connectivity index (χ1) is 16.5. The van der Waals surface area contributed by atoms with Crippen molar-refractivity contribution < 1.29 is 4.39 Å². The molecule has 1 saturated carbocycles. The van der Waals surface area contributed by atoms with Gasteiger partial charge in [0.1, 0.15) is 11.6 Å². The molecule has 9 heteroatoms. The number of hydrogen-bond donors (Lipinski definition) is 1. The third-order valence-corrected chi connectivity index (χ3v) is 7.89. The van der Waals surface area contributed by atoms with E-state index in [1.165, 1.54) is 18.9 Å². The molecule has 1 N–H and O–H groups in total. The number of aromatic nitrogens is 5. The predicted molar refractivity (Wildman–Crippen MR) is 130 cm³/mol. The number of nitrogens with one attached hydrogen (secondary N) is 1. The van der Waals surface area contributed by atoms with Gasteiger partial charge in [-0.2, -0.15) is 15.2 Å². The van der Waals surface area contributed by atoms with Gasteiger partial charge in [0.2, 0.25) is 5.95 Å². The number of nitrogens with zero attached hydrogens (tertiary/aromatic N) is 6. The van der Waals surface area contributed by atoms with Crippen LogP contribution in [0.4, 0.5) is 16.0 Å². The van der Waals surface area contributed by atoms with Gasteiger partial charge in [-0.15, -0.1) is 5.10 Å². The average Bonchev–Trinajstić information content (AvgIpc) is 3.20. The number of benzene rings is 1. The Morgan fingerprint density at radius 1 is 1.06 bits per heavy atom. The van der Waals surface area contributed by atoms with Gasteiger partial charge in [-0.05, 0) is 74.3 Å². The van der Waals surface area contributed by atoms with Gasteiger partial charge in [0.15, 0.2) is 0 Å². The Hall–Kier alpha value is -2.74. The molecule has 178 valence electrons. The highest BCUT2D eigenvalue weighted by atomic mass is 35.5. The monoisotopic (exact) mass is 481 g/mol. The standard InChI is InChI=1S/C25H29ClFN7/c1-15-8-21(12-28-31-15)33-13-16-5-6-17(14-33)23(16)29-25-30-24-22(4-2-3-7-34(24)32-25)18-9-19(26)11-20(27)10-18/h8-12,16-17,22-23H,2-7,13-14H2,1H3,(H,29,32)/t16-,17+,22-,23?/m1/s1. The topological polar surface area (TPSA) is 71.8 Å². The van der Waals surface area contributed by atoms with Crippen LogP contribution >= 0.6 is 11.6 Å². The molecule has 1 saturated heterocycles. The fourth-order valence-corrected chi connectivity index (χ4v) is 6.35. The Balaban J connectivity index is 1.22. The Morgan fingerprint density at radius 3 is 2.65 bits per heavy atom. The van der Waals surface area contributed by atoms with Crippen LogP contribution in [-0.4, -0.2) is 44.1 Å². The van der Waals surface area contributed by atoms with E-state index in [1.54, 1.807) is 6.07 Å². The van der Waals surface area contributed by atoms with Crippen LogP contribution in [0.25, 0.3) is 0 Å². The number of fused-ring (bicyclic) bond motifs is 3. The van der Waals surface area contributed by atoms with Gasteiger partial charge in [-0.3, -0.25) is 0 Å². The Bertz CT molecular complexity index is 1160. The molecule has 0 amide bonds. The summed E-state index contributed by atoms with van der Waals surface area (Å²) in [6.45, 7) is 4.82. The third-order valence-electron chi connectivity index (χ3n) is 7.67. The first-order valence-corrected chi connectivity index (χ1v) is 12.6. The van der Waals surface area contributed by atoms with Gasteiger partial charge in [0.05, 0.1) is 17.6 Å². The SMILES string of the molecule is Cc1cc(N2C[C@H]3CC[C@@H](C2)C3Nc2nc3n(n2)CCCC[C@@H]3c2cc(F)cc(Cl)c2)cnn1. The molecule has 3 aromatic rings. The maximum atomic E-state index is 14.1. The molecule has 0 spiro atoms. The fourth-order valence-electron chi connectivity index (χ4n) is 6.12. The highest BCUT2D eigenvalue weighted by Gasteiger charge is 2.43. The normalized spacial score (nSPS) is 26.3. The molecule has 34 heavy (non-hydrogen) atoms. The molecule has 2 bridgehead atoms. The second-order valence-corrected chi connectivity index (χ2v) is 10.4. The number of anilines is 2. The van der Waals surface area contributed by atoms with E-state index in [1.807, 2.05) is 23.9 Å². The van der Waals surface area contributed by atoms with Gasteiger partial charge in [0, 0.05) is 36.6 Å². The number of aryl methyl sites for hydroxylation is 2. The summed E-state index contributed by atoms with van der Waals surface area (Å²) in [5.41, 5.74) is 2.98. The highest BCUT2D eigenvalue weighted by molar-refractivity contribution is 6.30. The van der Waals surface area contributed by atoms with Crippen LogP contribution in [0.5, 0.6) is 0 Å². The summed E-state index contributed by atoms with van der Waals surface area (Å²) < 4.78 is 16.1.